The predicted octanol–water partition coefficient (Wildman–Crippen LogP) is 1.93. The molecular formula is C18H27N3O5. The lowest BCUT2D eigenvalue weighted by Gasteiger charge is -2.22. The number of nitrogen functional groups attached to an aromatic ring is 1. The van der Waals surface area contributed by atoms with Gasteiger partial charge in [-0.1, -0.05) is 0 Å². The second-order valence-electron chi connectivity index (χ2n) is 5.75. The Morgan fingerprint density at radius 1 is 1.19 bits per heavy atom. The number of anilines is 2. The van der Waals surface area contributed by atoms with Gasteiger partial charge in [0.25, 0.3) is 0 Å². The highest BCUT2D eigenvalue weighted by atomic mass is 16.7. The topological polar surface area (TPSA) is 102 Å². The van der Waals surface area contributed by atoms with E-state index in [1.165, 1.54) is 16.7 Å². The van der Waals surface area contributed by atoms with Crippen LogP contribution in [0.3, 0.4) is 0 Å². The van der Waals surface area contributed by atoms with Crippen LogP contribution >= 0.6 is 0 Å². The molecule has 0 radical (unpaired) electrons. The van der Waals surface area contributed by atoms with Crippen LogP contribution in [-0.4, -0.2) is 61.6 Å². The van der Waals surface area contributed by atoms with Crippen molar-refractivity contribution in [3.05, 3.63) is 30.3 Å². The normalized spacial score (nSPS) is 12.3. The Hall–Kier alpha value is -2.42. The Balaban J connectivity index is 2.00. The van der Waals surface area contributed by atoms with E-state index in [4.69, 9.17) is 19.9 Å². The van der Waals surface area contributed by atoms with Crippen molar-refractivity contribution in [3.8, 4) is 17.4 Å². The Morgan fingerprint density at radius 2 is 1.88 bits per heavy atom. The summed E-state index contributed by atoms with van der Waals surface area (Å²) >= 11 is 0. The lowest BCUT2D eigenvalue weighted by molar-refractivity contribution is -0.153. The fraction of sp³-hybridized carbons (Fsp3) is 0.444. The van der Waals surface area contributed by atoms with E-state index in [1.807, 2.05) is 24.9 Å². The number of nitrogens with two attached hydrogens (primary N) is 1. The first-order chi connectivity index (χ1) is 12.5. The minimum atomic E-state index is -0.367. The number of ether oxygens (including phenoxy) is 3. The fourth-order valence-electron chi connectivity index (χ4n) is 2.51. The molecule has 0 aliphatic heterocycles. The van der Waals surface area contributed by atoms with Crippen LogP contribution in [0.4, 0.5) is 11.4 Å². The zero-order chi connectivity index (χ0) is 19.1. The van der Waals surface area contributed by atoms with E-state index < -0.39 is 0 Å². The smallest absolute Gasteiger partial charge is 0.198 e. The summed E-state index contributed by atoms with van der Waals surface area (Å²) in [6.07, 6.45) is -0.367. The largest absolute Gasteiger partial charge is 0.494 e. The summed E-state index contributed by atoms with van der Waals surface area (Å²) in [5, 5.41) is 19.8. The molecule has 2 aromatic rings. The molecule has 8 nitrogen and oxygen atoms in total. The molecule has 1 aromatic carbocycles. The van der Waals surface area contributed by atoms with Crippen molar-refractivity contribution in [2.75, 3.05) is 51.2 Å². The first kappa shape index (κ1) is 19.9. The van der Waals surface area contributed by atoms with Gasteiger partial charge in [-0.15, -0.1) is 0 Å². The Bertz CT molecular complexity index is 685. The van der Waals surface area contributed by atoms with E-state index in [1.54, 1.807) is 19.2 Å². The molecule has 0 bridgehead atoms. The summed E-state index contributed by atoms with van der Waals surface area (Å²) in [5.41, 5.74) is 7.83. The second kappa shape index (κ2) is 9.33. The van der Waals surface area contributed by atoms with Crippen molar-refractivity contribution in [3.63, 3.8) is 0 Å². The Morgan fingerprint density at radius 3 is 2.50 bits per heavy atom. The number of hydrogen-bond donors (Lipinski definition) is 3. The molecule has 26 heavy (non-hydrogen) atoms. The molecule has 144 valence electrons. The van der Waals surface area contributed by atoms with Gasteiger partial charge >= 0.3 is 0 Å². The van der Waals surface area contributed by atoms with Crippen molar-refractivity contribution in [2.45, 2.75) is 13.2 Å². The molecule has 0 spiro atoms. The summed E-state index contributed by atoms with van der Waals surface area (Å²) in [6.45, 7) is 3.95. The van der Waals surface area contributed by atoms with Crippen LogP contribution in [-0.2, 0) is 14.2 Å². The highest BCUT2D eigenvalue weighted by Crippen LogP contribution is 2.32. The van der Waals surface area contributed by atoms with Crippen molar-refractivity contribution in [2.24, 2.45) is 0 Å². The minimum absolute atomic E-state index is 0.0844. The molecule has 0 saturated carbocycles. The van der Waals surface area contributed by atoms with Gasteiger partial charge in [0.15, 0.2) is 18.1 Å². The molecule has 0 saturated heterocycles. The maximum atomic E-state index is 9.92. The monoisotopic (exact) mass is 365 g/mol. The molecule has 2 rings (SSSR count). The number of benzene rings is 1. The maximum absolute atomic E-state index is 9.92. The summed E-state index contributed by atoms with van der Waals surface area (Å²) in [7, 11) is 3.50. The Kier molecular flexibility index (Phi) is 7.14. The second-order valence-corrected chi connectivity index (χ2v) is 5.75. The molecule has 8 heteroatoms. The molecule has 0 amide bonds. The standard InChI is InChI=1S/C18H27N3O5/c1-4-26-18(24-3)12-25-10-9-20(2)13-5-6-14(19)15(11-13)21-16(22)7-8-17(21)23/h5-8,11,18,22-23H,4,9-10,12,19H2,1-3H3. The summed E-state index contributed by atoms with van der Waals surface area (Å²) < 4.78 is 17.4. The molecule has 1 aromatic heterocycles. The number of methoxy groups -OCH3 is 1. The quantitative estimate of drug-likeness (QED) is 0.336. The highest BCUT2D eigenvalue weighted by molar-refractivity contribution is 5.67. The van der Waals surface area contributed by atoms with Gasteiger partial charge < -0.3 is 35.1 Å². The van der Waals surface area contributed by atoms with Gasteiger partial charge in [-0.05, 0) is 25.1 Å². The Labute approximate surface area is 153 Å². The fourth-order valence-corrected chi connectivity index (χ4v) is 2.51. The first-order valence-corrected chi connectivity index (χ1v) is 8.40. The predicted molar refractivity (Wildman–Crippen MR) is 100 cm³/mol. The van der Waals surface area contributed by atoms with Gasteiger partial charge in [-0.2, -0.15) is 0 Å². The lowest BCUT2D eigenvalue weighted by atomic mass is 10.2. The molecule has 1 atom stereocenters. The van der Waals surface area contributed by atoms with Crippen molar-refractivity contribution in [1.29, 1.82) is 0 Å². The van der Waals surface area contributed by atoms with E-state index in [9.17, 15) is 10.2 Å². The average molecular weight is 365 g/mol. The van der Waals surface area contributed by atoms with E-state index >= 15 is 0 Å². The van der Waals surface area contributed by atoms with Gasteiger partial charge in [-0.25, -0.2) is 4.57 Å². The van der Waals surface area contributed by atoms with Gasteiger partial charge in [-0.3, -0.25) is 0 Å². The summed E-state index contributed by atoms with van der Waals surface area (Å²) in [4.78, 5) is 1.99. The van der Waals surface area contributed by atoms with Gasteiger partial charge in [0.2, 0.25) is 0 Å². The molecule has 1 heterocycles. The van der Waals surface area contributed by atoms with Crippen LogP contribution in [0.15, 0.2) is 30.3 Å². The number of likely N-dealkylation sites (N-methyl/N-ethyl adjacent to an activating group) is 1. The van der Waals surface area contributed by atoms with Crippen molar-refractivity contribution in [1.82, 2.24) is 4.57 Å². The van der Waals surface area contributed by atoms with Crippen LogP contribution in [0.2, 0.25) is 0 Å². The van der Waals surface area contributed by atoms with E-state index in [0.717, 1.165) is 5.69 Å². The van der Waals surface area contributed by atoms with Crippen LogP contribution < -0.4 is 10.6 Å². The zero-order valence-electron chi connectivity index (χ0n) is 15.4. The number of nitrogens with zero attached hydrogens (tertiary/aromatic N) is 2. The number of aromatic nitrogens is 1. The highest BCUT2D eigenvalue weighted by Gasteiger charge is 2.13. The van der Waals surface area contributed by atoms with Crippen LogP contribution in [0.1, 0.15) is 6.92 Å². The minimum Gasteiger partial charge on any atom is -0.494 e. The lowest BCUT2D eigenvalue weighted by Crippen LogP contribution is -2.27. The van der Waals surface area contributed by atoms with Crippen LogP contribution in [0.5, 0.6) is 11.8 Å². The number of hydrogen-bond acceptors (Lipinski definition) is 7. The third-order valence-electron chi connectivity index (χ3n) is 3.98. The molecule has 0 aliphatic rings. The average Bonchev–Trinajstić information content (AvgIpc) is 2.96. The van der Waals surface area contributed by atoms with Crippen molar-refractivity contribution < 1.29 is 24.4 Å². The van der Waals surface area contributed by atoms with Gasteiger partial charge in [0.1, 0.15) is 0 Å². The van der Waals surface area contributed by atoms with E-state index in [-0.39, 0.29) is 18.1 Å². The van der Waals surface area contributed by atoms with E-state index in [0.29, 0.717) is 37.7 Å². The number of aromatic hydroxyl groups is 2. The zero-order valence-corrected chi connectivity index (χ0v) is 15.4. The third-order valence-corrected chi connectivity index (χ3v) is 3.98. The van der Waals surface area contributed by atoms with Gasteiger partial charge in [0, 0.05) is 45.1 Å². The van der Waals surface area contributed by atoms with E-state index in [2.05, 4.69) is 0 Å². The maximum Gasteiger partial charge on any atom is 0.198 e. The number of rotatable bonds is 10. The first-order valence-electron chi connectivity index (χ1n) is 8.40. The van der Waals surface area contributed by atoms with Crippen LogP contribution in [0.25, 0.3) is 5.69 Å². The molecule has 0 fully saturated rings. The summed E-state index contributed by atoms with van der Waals surface area (Å²) in [5.74, 6) is -0.169. The summed E-state index contributed by atoms with van der Waals surface area (Å²) in [6, 6.07) is 8.21. The molecule has 1 unspecified atom stereocenters. The van der Waals surface area contributed by atoms with Crippen LogP contribution in [0, 0.1) is 0 Å². The van der Waals surface area contributed by atoms with Gasteiger partial charge in [0.05, 0.1) is 24.6 Å². The van der Waals surface area contributed by atoms with Crippen molar-refractivity contribution >= 4 is 11.4 Å². The third kappa shape index (κ3) is 4.81. The SMILES string of the molecule is CCOC(COCCN(C)c1ccc(N)c(-n2c(O)ccc2O)c1)OC. The molecule has 4 N–H and O–H groups in total. The molecular weight excluding hydrogens is 338 g/mol. The molecule has 0 aliphatic carbocycles.